The molecule has 0 aromatic rings. The summed E-state index contributed by atoms with van der Waals surface area (Å²) in [6, 6.07) is 0. The topological polar surface area (TPSA) is 139 Å². The van der Waals surface area contributed by atoms with Crippen LogP contribution in [-0.4, -0.2) is 62.3 Å². The highest BCUT2D eigenvalue weighted by atomic mass is 16.5. The summed E-state index contributed by atoms with van der Waals surface area (Å²) >= 11 is 0. The van der Waals surface area contributed by atoms with Crippen molar-refractivity contribution < 1.29 is 4.74 Å². The van der Waals surface area contributed by atoms with Crippen LogP contribution in [0.3, 0.4) is 0 Å². The maximum Gasteiger partial charge on any atom is 0.185 e. The highest BCUT2D eigenvalue weighted by Crippen LogP contribution is 1.92. The van der Waals surface area contributed by atoms with E-state index in [1.807, 2.05) is 13.8 Å². The van der Waals surface area contributed by atoms with Crippen molar-refractivity contribution in [3.8, 4) is 0 Å². The van der Waals surface area contributed by atoms with Crippen LogP contribution in [0.25, 0.3) is 0 Å². The molecule has 8 N–H and O–H groups in total. The molecule has 0 saturated carbocycles. The normalized spacial score (nSPS) is 10.7. The second-order valence-corrected chi connectivity index (χ2v) is 4.41. The van der Waals surface area contributed by atoms with Crippen LogP contribution in [0.5, 0.6) is 0 Å². The maximum absolute atomic E-state index is 7.10. The molecule has 8 heteroatoms. The van der Waals surface area contributed by atoms with Crippen molar-refractivity contribution in [3.05, 3.63) is 0 Å². The Hall–Kier alpha value is -1.54. The lowest BCUT2D eigenvalue weighted by molar-refractivity contribution is 0.0600. The van der Waals surface area contributed by atoms with E-state index in [1.54, 1.807) is 0 Å². The first-order valence-electron chi connectivity index (χ1n) is 6.39. The lowest BCUT2D eigenvalue weighted by Crippen LogP contribution is -2.40. The molecule has 0 atom stereocenters. The third-order valence-electron chi connectivity index (χ3n) is 2.31. The zero-order chi connectivity index (χ0) is 14.7. The predicted octanol–water partition coefficient (Wildman–Crippen LogP) is -1.53. The summed E-state index contributed by atoms with van der Waals surface area (Å²) in [6.45, 7) is 8.09. The first-order valence-corrected chi connectivity index (χ1v) is 6.39. The molecule has 0 aromatic heterocycles. The molecule has 0 aliphatic carbocycles. The van der Waals surface area contributed by atoms with Crippen molar-refractivity contribution in [1.82, 2.24) is 10.2 Å². The molecule has 0 radical (unpaired) electrons. The van der Waals surface area contributed by atoms with Crippen LogP contribution in [0, 0.1) is 5.41 Å². The van der Waals surface area contributed by atoms with E-state index in [1.165, 1.54) is 0 Å². The van der Waals surface area contributed by atoms with Gasteiger partial charge in [0.2, 0.25) is 0 Å². The molecule has 8 nitrogen and oxygen atoms in total. The number of nitrogens with zero attached hydrogens (tertiary/aromatic N) is 2. The van der Waals surface area contributed by atoms with Crippen LogP contribution in [-0.2, 0) is 4.74 Å². The summed E-state index contributed by atoms with van der Waals surface area (Å²) in [4.78, 5) is 6.11. The van der Waals surface area contributed by atoms with Gasteiger partial charge in [0.15, 0.2) is 11.9 Å². The van der Waals surface area contributed by atoms with E-state index in [2.05, 4.69) is 15.2 Å². The Bertz CT molecular complexity index is 276. The molecule has 0 unspecified atom stereocenters. The van der Waals surface area contributed by atoms with Gasteiger partial charge in [0, 0.05) is 26.2 Å². The van der Waals surface area contributed by atoms with Gasteiger partial charge in [0.1, 0.15) is 0 Å². The molecule has 0 rings (SSSR count). The molecule has 0 aliphatic rings. The Labute approximate surface area is 114 Å². The largest absolute Gasteiger partial charge is 0.377 e. The molecule has 0 fully saturated rings. The van der Waals surface area contributed by atoms with Crippen LogP contribution in [0.15, 0.2) is 4.99 Å². The average molecular weight is 273 g/mol. The molecule has 112 valence electrons. The lowest BCUT2D eigenvalue weighted by atomic mass is 10.4. The van der Waals surface area contributed by atoms with Crippen molar-refractivity contribution in [2.24, 2.45) is 22.2 Å². The fourth-order valence-electron chi connectivity index (χ4n) is 1.42. The number of ether oxygens (including phenoxy) is 1. The van der Waals surface area contributed by atoms with Crippen molar-refractivity contribution in [1.29, 1.82) is 5.41 Å². The highest BCUT2D eigenvalue weighted by molar-refractivity contribution is 5.75. The van der Waals surface area contributed by atoms with Crippen LogP contribution in [0.4, 0.5) is 0 Å². The number of nitrogens with one attached hydrogen (secondary N) is 2. The Morgan fingerprint density at radius 1 is 1.26 bits per heavy atom. The first-order chi connectivity index (χ1) is 8.91. The summed E-state index contributed by atoms with van der Waals surface area (Å²) in [5.41, 5.74) is 15.8. The van der Waals surface area contributed by atoms with Gasteiger partial charge in [-0.25, -0.2) is 0 Å². The summed E-state index contributed by atoms with van der Waals surface area (Å²) in [5.74, 6) is 0.0721. The molecule has 0 heterocycles. The number of guanidine groups is 2. The van der Waals surface area contributed by atoms with Crippen molar-refractivity contribution in [2.75, 3.05) is 39.3 Å². The van der Waals surface area contributed by atoms with Crippen molar-refractivity contribution in [3.63, 3.8) is 0 Å². The molecule has 0 saturated heterocycles. The number of hydrogen-bond acceptors (Lipinski definition) is 4. The zero-order valence-corrected chi connectivity index (χ0v) is 11.9. The van der Waals surface area contributed by atoms with Gasteiger partial charge in [-0.05, 0) is 13.8 Å². The maximum atomic E-state index is 7.10. The molecule has 0 amide bonds. The van der Waals surface area contributed by atoms with Gasteiger partial charge in [-0.2, -0.15) is 0 Å². The summed E-state index contributed by atoms with van der Waals surface area (Å²) in [5, 5.41) is 9.86. The minimum atomic E-state index is -0.0254. The highest BCUT2D eigenvalue weighted by Gasteiger charge is 2.05. The van der Waals surface area contributed by atoms with E-state index in [0.29, 0.717) is 19.7 Å². The van der Waals surface area contributed by atoms with E-state index in [4.69, 9.17) is 27.3 Å². The summed E-state index contributed by atoms with van der Waals surface area (Å²) in [6.07, 6.45) is 0.218. The Kier molecular flexibility index (Phi) is 9.55. The smallest absolute Gasteiger partial charge is 0.185 e. The fraction of sp³-hybridized carbons (Fsp3) is 0.818. The molecule has 0 spiro atoms. The minimum Gasteiger partial charge on any atom is -0.377 e. The van der Waals surface area contributed by atoms with Gasteiger partial charge < -0.3 is 27.3 Å². The van der Waals surface area contributed by atoms with Crippen LogP contribution in [0.1, 0.15) is 13.8 Å². The van der Waals surface area contributed by atoms with Gasteiger partial charge in [-0.15, -0.1) is 0 Å². The molecule has 0 aliphatic heterocycles. The van der Waals surface area contributed by atoms with Crippen LogP contribution >= 0.6 is 0 Å². The standard InChI is InChI=1S/C11H27N7O/c1-9(2)19-8-7-18(5-3-16-10(12)13)6-4-17-11(14)15/h9H,3-8H2,1-2H3,(H4,12,13,16)(H4,14,15,17). The molecule has 0 aromatic carbocycles. The molecular formula is C11H27N7O. The Balaban J connectivity index is 3.98. The molecule has 19 heavy (non-hydrogen) atoms. The van der Waals surface area contributed by atoms with E-state index < -0.39 is 0 Å². The first kappa shape index (κ1) is 17.5. The monoisotopic (exact) mass is 273 g/mol. The summed E-state index contributed by atoms with van der Waals surface area (Å²) < 4.78 is 5.51. The Morgan fingerprint density at radius 2 is 1.95 bits per heavy atom. The van der Waals surface area contributed by atoms with Crippen LogP contribution < -0.4 is 22.5 Å². The predicted molar refractivity (Wildman–Crippen MR) is 78.1 cm³/mol. The van der Waals surface area contributed by atoms with E-state index in [0.717, 1.165) is 19.6 Å². The minimum absolute atomic E-state index is 0.0254. The second-order valence-electron chi connectivity index (χ2n) is 4.41. The van der Waals surface area contributed by atoms with E-state index >= 15 is 0 Å². The Morgan fingerprint density at radius 3 is 2.47 bits per heavy atom. The number of aliphatic imine (C=N–C) groups is 1. The number of rotatable bonds is 10. The third kappa shape index (κ3) is 12.7. The van der Waals surface area contributed by atoms with Gasteiger partial charge in [-0.1, -0.05) is 0 Å². The average Bonchev–Trinajstić information content (AvgIpc) is 2.26. The van der Waals surface area contributed by atoms with Crippen molar-refractivity contribution in [2.45, 2.75) is 20.0 Å². The second kappa shape index (κ2) is 10.4. The van der Waals surface area contributed by atoms with Crippen LogP contribution in [0.2, 0.25) is 0 Å². The van der Waals surface area contributed by atoms with Gasteiger partial charge in [-0.3, -0.25) is 15.3 Å². The lowest BCUT2D eigenvalue weighted by Gasteiger charge is -2.22. The summed E-state index contributed by atoms with van der Waals surface area (Å²) in [7, 11) is 0. The zero-order valence-electron chi connectivity index (χ0n) is 11.9. The van der Waals surface area contributed by atoms with E-state index in [-0.39, 0.29) is 18.0 Å². The quantitative estimate of drug-likeness (QED) is 0.242. The fourth-order valence-corrected chi connectivity index (χ4v) is 1.42. The van der Waals surface area contributed by atoms with Gasteiger partial charge >= 0.3 is 0 Å². The number of nitrogens with two attached hydrogens (primary N) is 3. The SMILES string of the molecule is CC(C)OCCN(CCN=C(N)N)CCNC(=N)N. The van der Waals surface area contributed by atoms with E-state index in [9.17, 15) is 0 Å². The van der Waals surface area contributed by atoms with Gasteiger partial charge in [0.25, 0.3) is 0 Å². The van der Waals surface area contributed by atoms with Gasteiger partial charge in [0.05, 0.1) is 19.3 Å². The third-order valence-corrected chi connectivity index (χ3v) is 2.31. The molecule has 0 bridgehead atoms. The number of hydrogen-bond donors (Lipinski definition) is 5. The molecular weight excluding hydrogens is 246 g/mol. The van der Waals surface area contributed by atoms with Crippen molar-refractivity contribution >= 4 is 11.9 Å².